The maximum atomic E-state index is 14.0. The van der Waals surface area contributed by atoms with Gasteiger partial charge < -0.3 is 10.2 Å². The first kappa shape index (κ1) is 12.4. The minimum Gasteiger partial charge on any atom is -0.369 e. The van der Waals surface area contributed by atoms with E-state index in [0.717, 1.165) is 17.2 Å². The molecule has 94 valence electrons. The Hall–Kier alpha value is -1.09. The second-order valence-corrected chi connectivity index (χ2v) is 4.97. The van der Waals surface area contributed by atoms with Crippen molar-refractivity contribution in [2.24, 2.45) is 5.92 Å². The molecule has 1 aliphatic carbocycles. The lowest BCUT2D eigenvalue weighted by atomic mass is 10.1. The molecule has 2 nitrogen and oxygen atoms in total. The van der Waals surface area contributed by atoms with E-state index >= 15 is 0 Å². The summed E-state index contributed by atoms with van der Waals surface area (Å²) in [5.74, 6) is 0.620. The predicted octanol–water partition coefficient (Wildman–Crippen LogP) is 2.78. The largest absolute Gasteiger partial charge is 0.369 e. The van der Waals surface area contributed by atoms with Gasteiger partial charge in [0.05, 0.1) is 5.69 Å². The van der Waals surface area contributed by atoms with Crippen LogP contribution in [0.5, 0.6) is 0 Å². The summed E-state index contributed by atoms with van der Waals surface area (Å²) in [4.78, 5) is 2.10. The Bertz CT molecular complexity index is 388. The first-order valence-corrected chi connectivity index (χ1v) is 6.30. The molecule has 3 heteroatoms. The second kappa shape index (κ2) is 5.05. The molecule has 0 spiro atoms. The van der Waals surface area contributed by atoms with Gasteiger partial charge in [0.15, 0.2) is 0 Å². The number of benzene rings is 1. The van der Waals surface area contributed by atoms with E-state index < -0.39 is 0 Å². The van der Waals surface area contributed by atoms with Crippen molar-refractivity contribution < 1.29 is 4.39 Å². The normalized spacial score (nSPS) is 16.9. The van der Waals surface area contributed by atoms with Crippen molar-refractivity contribution in [3.63, 3.8) is 0 Å². The monoisotopic (exact) mass is 236 g/mol. The van der Waals surface area contributed by atoms with Crippen molar-refractivity contribution in [3.05, 3.63) is 29.6 Å². The number of nitrogens with one attached hydrogen (secondary N) is 1. The minimum atomic E-state index is -0.118. The summed E-state index contributed by atoms with van der Waals surface area (Å²) in [5, 5.41) is 3.10. The van der Waals surface area contributed by atoms with Crippen molar-refractivity contribution in [1.82, 2.24) is 5.32 Å². The van der Waals surface area contributed by atoms with Crippen LogP contribution in [0.15, 0.2) is 18.2 Å². The molecule has 1 saturated carbocycles. The molecule has 2 rings (SSSR count). The van der Waals surface area contributed by atoms with Crippen LogP contribution in [0.3, 0.4) is 0 Å². The molecule has 0 aliphatic heterocycles. The number of rotatable bonds is 5. The summed E-state index contributed by atoms with van der Waals surface area (Å²) in [6, 6.07) is 5.74. The van der Waals surface area contributed by atoms with Crippen molar-refractivity contribution in [3.8, 4) is 0 Å². The van der Waals surface area contributed by atoms with Crippen LogP contribution >= 0.6 is 0 Å². The van der Waals surface area contributed by atoms with Crippen molar-refractivity contribution in [1.29, 1.82) is 0 Å². The molecule has 0 aromatic heterocycles. The maximum absolute atomic E-state index is 14.0. The van der Waals surface area contributed by atoms with Gasteiger partial charge >= 0.3 is 0 Å². The van der Waals surface area contributed by atoms with Gasteiger partial charge in [-0.1, -0.05) is 12.1 Å². The molecule has 0 heterocycles. The van der Waals surface area contributed by atoms with Gasteiger partial charge in [-0.3, -0.25) is 0 Å². The highest BCUT2D eigenvalue weighted by atomic mass is 19.1. The van der Waals surface area contributed by atoms with Gasteiger partial charge in [-0.05, 0) is 44.4 Å². The molecule has 0 saturated heterocycles. The quantitative estimate of drug-likeness (QED) is 0.845. The Balaban J connectivity index is 2.27. The van der Waals surface area contributed by atoms with E-state index in [4.69, 9.17) is 0 Å². The zero-order valence-corrected chi connectivity index (χ0v) is 10.8. The zero-order chi connectivity index (χ0) is 12.4. The Kier molecular flexibility index (Phi) is 3.67. The Morgan fingerprint density at radius 2 is 2.18 bits per heavy atom. The zero-order valence-electron chi connectivity index (χ0n) is 10.8. The number of hydrogen-bond acceptors (Lipinski definition) is 2. The lowest BCUT2D eigenvalue weighted by Crippen LogP contribution is -2.32. The van der Waals surface area contributed by atoms with Crippen LogP contribution in [0.4, 0.5) is 10.1 Å². The SMILES string of the molecule is CNCc1cccc(F)c1N(C)C(C)C1CC1. The molecule has 1 fully saturated rings. The molecule has 1 unspecified atom stereocenters. The lowest BCUT2D eigenvalue weighted by Gasteiger charge is -2.29. The Morgan fingerprint density at radius 3 is 2.76 bits per heavy atom. The van der Waals surface area contributed by atoms with Gasteiger partial charge in [0.2, 0.25) is 0 Å². The Labute approximate surface area is 103 Å². The van der Waals surface area contributed by atoms with Crippen LogP contribution < -0.4 is 10.2 Å². The summed E-state index contributed by atoms with van der Waals surface area (Å²) in [5.41, 5.74) is 1.78. The second-order valence-electron chi connectivity index (χ2n) is 4.97. The molecule has 0 amide bonds. The van der Waals surface area contributed by atoms with Crippen molar-refractivity contribution in [2.75, 3.05) is 19.0 Å². The van der Waals surface area contributed by atoms with Crippen molar-refractivity contribution in [2.45, 2.75) is 32.4 Å². The highest BCUT2D eigenvalue weighted by Gasteiger charge is 2.32. The van der Waals surface area contributed by atoms with E-state index in [-0.39, 0.29) is 5.82 Å². The first-order valence-electron chi connectivity index (χ1n) is 6.30. The van der Waals surface area contributed by atoms with E-state index in [0.29, 0.717) is 12.6 Å². The predicted molar refractivity (Wildman–Crippen MR) is 69.8 cm³/mol. The van der Waals surface area contributed by atoms with Crippen LogP contribution in [0, 0.1) is 11.7 Å². The van der Waals surface area contributed by atoms with Crippen LogP contribution in [-0.4, -0.2) is 20.1 Å². The molecule has 1 N–H and O–H groups in total. The van der Waals surface area contributed by atoms with E-state index in [2.05, 4.69) is 17.1 Å². The third-order valence-corrected chi connectivity index (χ3v) is 3.71. The fourth-order valence-corrected chi connectivity index (χ4v) is 2.39. The van der Waals surface area contributed by atoms with Gasteiger partial charge in [0, 0.05) is 19.6 Å². The highest BCUT2D eigenvalue weighted by Crippen LogP contribution is 2.37. The molecular formula is C14H21FN2. The van der Waals surface area contributed by atoms with E-state index in [1.807, 2.05) is 20.2 Å². The Morgan fingerprint density at radius 1 is 1.47 bits per heavy atom. The van der Waals surface area contributed by atoms with E-state index in [1.165, 1.54) is 12.8 Å². The molecule has 0 radical (unpaired) electrons. The van der Waals surface area contributed by atoms with Crippen LogP contribution in [0.2, 0.25) is 0 Å². The number of para-hydroxylation sites is 1. The highest BCUT2D eigenvalue weighted by molar-refractivity contribution is 5.55. The van der Waals surface area contributed by atoms with Crippen LogP contribution in [0.1, 0.15) is 25.3 Å². The molecule has 1 aromatic carbocycles. The topological polar surface area (TPSA) is 15.3 Å². The number of anilines is 1. The van der Waals surface area contributed by atoms with Gasteiger partial charge in [0.25, 0.3) is 0 Å². The minimum absolute atomic E-state index is 0.118. The molecule has 0 bridgehead atoms. The van der Waals surface area contributed by atoms with E-state index in [9.17, 15) is 4.39 Å². The molecule has 1 atom stereocenters. The number of halogens is 1. The van der Waals surface area contributed by atoms with Gasteiger partial charge in [-0.2, -0.15) is 0 Å². The average molecular weight is 236 g/mol. The summed E-state index contributed by atoms with van der Waals surface area (Å²) in [6.45, 7) is 2.89. The molecule has 1 aromatic rings. The first-order chi connectivity index (χ1) is 8.15. The third-order valence-electron chi connectivity index (χ3n) is 3.71. The average Bonchev–Trinajstić information content (AvgIpc) is 3.12. The molecule has 1 aliphatic rings. The summed E-state index contributed by atoms with van der Waals surface area (Å²) < 4.78 is 14.0. The third kappa shape index (κ3) is 2.60. The van der Waals surface area contributed by atoms with Crippen LogP contribution in [0.25, 0.3) is 0 Å². The fourth-order valence-electron chi connectivity index (χ4n) is 2.39. The summed E-state index contributed by atoms with van der Waals surface area (Å²) in [7, 11) is 3.89. The smallest absolute Gasteiger partial charge is 0.146 e. The van der Waals surface area contributed by atoms with Gasteiger partial charge in [-0.25, -0.2) is 4.39 Å². The standard InChI is InChI=1S/C14H21FN2/c1-10(11-7-8-11)17(3)14-12(9-16-2)5-4-6-13(14)15/h4-6,10-11,16H,7-9H2,1-3H3. The number of hydrogen-bond donors (Lipinski definition) is 1. The van der Waals surface area contributed by atoms with Crippen molar-refractivity contribution >= 4 is 5.69 Å². The summed E-state index contributed by atoms with van der Waals surface area (Å²) in [6.07, 6.45) is 2.56. The fraction of sp³-hybridized carbons (Fsp3) is 0.571. The summed E-state index contributed by atoms with van der Waals surface area (Å²) >= 11 is 0. The lowest BCUT2D eigenvalue weighted by molar-refractivity contribution is 0.572. The van der Waals surface area contributed by atoms with E-state index in [1.54, 1.807) is 12.1 Å². The number of nitrogens with zero attached hydrogens (tertiary/aromatic N) is 1. The van der Waals surface area contributed by atoms with Crippen LogP contribution in [-0.2, 0) is 6.54 Å². The molecular weight excluding hydrogens is 215 g/mol. The maximum Gasteiger partial charge on any atom is 0.146 e. The van der Waals surface area contributed by atoms with Gasteiger partial charge in [-0.15, -0.1) is 0 Å². The van der Waals surface area contributed by atoms with Gasteiger partial charge in [0.1, 0.15) is 5.82 Å². The molecule has 17 heavy (non-hydrogen) atoms.